The summed E-state index contributed by atoms with van der Waals surface area (Å²) in [7, 11) is 0. The minimum atomic E-state index is -2.67. The summed E-state index contributed by atoms with van der Waals surface area (Å²) in [6.07, 6.45) is -1.80. The van der Waals surface area contributed by atoms with E-state index in [1.54, 1.807) is 6.07 Å². The Morgan fingerprint density at radius 1 is 1.86 bits per heavy atom. The molecule has 3 N–H and O–H groups in total. The second kappa shape index (κ2) is 5.58. The maximum atomic E-state index is 11.4. The van der Waals surface area contributed by atoms with Crippen molar-refractivity contribution >= 4 is 5.91 Å². The fraction of sp³-hybridized carbons (Fsp3) is 0.778. The van der Waals surface area contributed by atoms with Crippen LogP contribution in [0.3, 0.4) is 0 Å². The molecule has 0 radical (unpaired) electrons. The SMILES string of the molecule is [2H]C([2H])([2H])C(C)(CO)C(O)C(=O)NCCC#N. The average molecular weight is 203 g/mol. The van der Waals surface area contributed by atoms with Crippen LogP contribution in [-0.2, 0) is 4.79 Å². The smallest absolute Gasteiger partial charge is 0.249 e. The van der Waals surface area contributed by atoms with E-state index in [0.29, 0.717) is 0 Å². The van der Waals surface area contributed by atoms with Crippen molar-refractivity contribution in [3.8, 4) is 6.07 Å². The largest absolute Gasteiger partial charge is 0.396 e. The molecule has 0 bridgehead atoms. The lowest BCUT2D eigenvalue weighted by Gasteiger charge is -2.26. The third-order valence-electron chi connectivity index (χ3n) is 1.72. The summed E-state index contributed by atoms with van der Waals surface area (Å²) >= 11 is 0. The fourth-order valence-electron chi connectivity index (χ4n) is 0.714. The van der Waals surface area contributed by atoms with Crippen LogP contribution in [0.2, 0.25) is 0 Å². The molecule has 0 aliphatic rings. The number of aliphatic hydroxyl groups is 2. The number of nitrogens with one attached hydrogen (secondary N) is 1. The van der Waals surface area contributed by atoms with E-state index in [1.165, 1.54) is 0 Å². The van der Waals surface area contributed by atoms with Crippen LogP contribution >= 0.6 is 0 Å². The molecular weight excluding hydrogens is 184 g/mol. The van der Waals surface area contributed by atoms with Gasteiger partial charge in [0.25, 0.3) is 0 Å². The van der Waals surface area contributed by atoms with Crippen molar-refractivity contribution in [2.45, 2.75) is 26.3 Å². The molecule has 0 spiro atoms. The van der Waals surface area contributed by atoms with Gasteiger partial charge in [-0.05, 0) is 0 Å². The van der Waals surface area contributed by atoms with Gasteiger partial charge in [-0.2, -0.15) is 5.26 Å². The first-order chi connectivity index (χ1) is 7.70. The third kappa shape index (κ3) is 3.73. The highest BCUT2D eigenvalue weighted by Crippen LogP contribution is 2.19. The number of carbonyl (C=O) groups is 1. The minimum Gasteiger partial charge on any atom is -0.396 e. The lowest BCUT2D eigenvalue weighted by Crippen LogP contribution is -2.45. The third-order valence-corrected chi connectivity index (χ3v) is 1.72. The minimum absolute atomic E-state index is 0.0227. The van der Waals surface area contributed by atoms with Crippen LogP contribution < -0.4 is 5.32 Å². The summed E-state index contributed by atoms with van der Waals surface area (Å²) < 4.78 is 21.6. The van der Waals surface area contributed by atoms with Gasteiger partial charge in [0.05, 0.1) is 19.1 Å². The average Bonchev–Trinajstić information content (AvgIpc) is 2.25. The van der Waals surface area contributed by atoms with Crippen LogP contribution in [-0.4, -0.2) is 35.4 Å². The molecular formula is C9H16N2O3. The molecule has 0 fully saturated rings. The van der Waals surface area contributed by atoms with Gasteiger partial charge in [0, 0.05) is 16.1 Å². The number of nitriles is 1. The van der Waals surface area contributed by atoms with Crippen molar-refractivity contribution in [3.63, 3.8) is 0 Å². The number of carbonyl (C=O) groups excluding carboxylic acids is 1. The first kappa shape index (κ1) is 8.21. The Morgan fingerprint density at radius 2 is 2.50 bits per heavy atom. The van der Waals surface area contributed by atoms with E-state index in [2.05, 4.69) is 5.32 Å². The molecule has 1 amide bonds. The predicted octanol–water partition coefficient (Wildman–Crippen LogP) is -0.604. The molecule has 0 saturated heterocycles. The zero-order valence-electron chi connectivity index (χ0n) is 10.9. The zero-order chi connectivity index (χ0) is 13.7. The van der Waals surface area contributed by atoms with Crippen LogP contribution in [0.15, 0.2) is 0 Å². The Morgan fingerprint density at radius 3 is 2.93 bits per heavy atom. The van der Waals surface area contributed by atoms with E-state index in [4.69, 9.17) is 14.5 Å². The topological polar surface area (TPSA) is 93.3 Å². The predicted molar refractivity (Wildman–Crippen MR) is 50.1 cm³/mol. The van der Waals surface area contributed by atoms with Gasteiger partial charge in [-0.15, -0.1) is 0 Å². The van der Waals surface area contributed by atoms with Gasteiger partial charge in [0.2, 0.25) is 5.91 Å². The summed E-state index contributed by atoms with van der Waals surface area (Å²) in [5.74, 6) is -0.909. The zero-order valence-corrected chi connectivity index (χ0v) is 7.95. The lowest BCUT2D eigenvalue weighted by molar-refractivity contribution is -0.137. The summed E-state index contributed by atoms with van der Waals surface area (Å²) in [4.78, 5) is 11.4. The van der Waals surface area contributed by atoms with Crippen molar-refractivity contribution in [1.82, 2.24) is 5.32 Å². The molecule has 0 aromatic heterocycles. The number of rotatable bonds is 5. The van der Waals surface area contributed by atoms with Gasteiger partial charge < -0.3 is 15.5 Å². The summed E-state index contributed by atoms with van der Waals surface area (Å²) in [6.45, 7) is -2.40. The molecule has 14 heavy (non-hydrogen) atoms. The van der Waals surface area contributed by atoms with Crippen LogP contribution in [0.4, 0.5) is 0 Å². The monoisotopic (exact) mass is 203 g/mol. The van der Waals surface area contributed by atoms with Gasteiger partial charge in [-0.25, -0.2) is 0 Å². The van der Waals surface area contributed by atoms with Crippen LogP contribution in [0.5, 0.6) is 0 Å². The Balaban J connectivity index is 4.71. The molecule has 0 aliphatic heterocycles. The van der Waals surface area contributed by atoms with Gasteiger partial charge in [0.15, 0.2) is 0 Å². The molecule has 0 aliphatic carbocycles. The highest BCUT2D eigenvalue weighted by atomic mass is 16.3. The molecule has 5 nitrogen and oxygen atoms in total. The van der Waals surface area contributed by atoms with Crippen molar-refractivity contribution < 1.29 is 19.1 Å². The van der Waals surface area contributed by atoms with E-state index < -0.39 is 30.9 Å². The maximum Gasteiger partial charge on any atom is 0.249 e. The molecule has 2 unspecified atom stereocenters. The fourth-order valence-corrected chi connectivity index (χ4v) is 0.714. The molecule has 0 saturated carbocycles. The van der Waals surface area contributed by atoms with Gasteiger partial charge in [0.1, 0.15) is 6.10 Å². The van der Waals surface area contributed by atoms with Crippen LogP contribution in [0.25, 0.3) is 0 Å². The second-order valence-corrected chi connectivity index (χ2v) is 3.18. The molecule has 2 atom stereocenters. The van der Waals surface area contributed by atoms with Gasteiger partial charge in [-0.1, -0.05) is 13.8 Å². The standard InChI is InChI=1S/C9H16N2O3/c1-9(2,6-12)7(13)8(14)11-5-3-4-10/h7,12-13H,3,5-6H2,1-2H3,(H,11,14)/i1D3. The van der Waals surface area contributed by atoms with Crippen molar-refractivity contribution in [1.29, 1.82) is 5.26 Å². The first-order valence-electron chi connectivity index (χ1n) is 5.64. The van der Waals surface area contributed by atoms with Crippen molar-refractivity contribution in [3.05, 3.63) is 0 Å². The van der Waals surface area contributed by atoms with Gasteiger partial charge in [-0.3, -0.25) is 4.79 Å². The van der Waals surface area contributed by atoms with E-state index in [0.717, 1.165) is 6.92 Å². The molecule has 0 aromatic carbocycles. The highest BCUT2D eigenvalue weighted by molar-refractivity contribution is 5.81. The molecule has 80 valence electrons. The second-order valence-electron chi connectivity index (χ2n) is 3.18. The Kier molecular flexibility index (Phi) is 3.27. The Bertz CT molecular complexity index is 314. The number of hydrogen-bond acceptors (Lipinski definition) is 4. The first-order valence-corrected chi connectivity index (χ1v) is 4.14. The quantitative estimate of drug-likeness (QED) is 0.520. The summed E-state index contributed by atoms with van der Waals surface area (Å²) in [5.41, 5.74) is -1.93. The molecule has 0 heterocycles. The normalized spacial score (nSPS) is 20.6. The van der Waals surface area contributed by atoms with E-state index in [-0.39, 0.29) is 13.0 Å². The lowest BCUT2D eigenvalue weighted by atomic mass is 9.87. The number of hydrogen-bond donors (Lipinski definition) is 3. The number of aliphatic hydroxyl groups excluding tert-OH is 2. The van der Waals surface area contributed by atoms with E-state index in [1.807, 2.05) is 0 Å². The number of nitrogens with zero attached hydrogens (tertiary/aromatic N) is 1. The van der Waals surface area contributed by atoms with E-state index >= 15 is 0 Å². The van der Waals surface area contributed by atoms with Gasteiger partial charge >= 0.3 is 0 Å². The maximum absolute atomic E-state index is 11.4. The molecule has 0 aromatic rings. The Labute approximate surface area is 87.6 Å². The highest BCUT2D eigenvalue weighted by Gasteiger charge is 2.32. The molecule has 0 rings (SSSR count). The Hall–Kier alpha value is -1.12. The summed E-state index contributed by atoms with van der Waals surface area (Å²) in [5, 5.41) is 29.2. The molecule has 5 heteroatoms. The van der Waals surface area contributed by atoms with Crippen molar-refractivity contribution in [2.24, 2.45) is 5.41 Å². The van der Waals surface area contributed by atoms with Crippen LogP contribution in [0.1, 0.15) is 24.3 Å². The summed E-state index contributed by atoms with van der Waals surface area (Å²) in [6, 6.07) is 1.79. The van der Waals surface area contributed by atoms with Crippen molar-refractivity contribution in [2.75, 3.05) is 13.2 Å². The van der Waals surface area contributed by atoms with E-state index in [9.17, 15) is 9.90 Å². The van der Waals surface area contributed by atoms with Crippen LogP contribution in [0, 0.1) is 16.7 Å². The number of amides is 1.